The van der Waals surface area contributed by atoms with Crippen LogP contribution < -0.4 is 5.32 Å². The van der Waals surface area contributed by atoms with Gasteiger partial charge in [0, 0.05) is 0 Å². The van der Waals surface area contributed by atoms with Gasteiger partial charge in [0.05, 0.1) is 5.56 Å². The lowest BCUT2D eigenvalue weighted by molar-refractivity contribution is -0.137. The van der Waals surface area contributed by atoms with E-state index in [0.29, 0.717) is 11.8 Å². The Hall–Kier alpha value is -1.03. The third-order valence-electron chi connectivity index (χ3n) is 3.66. The molecule has 1 aromatic carbocycles. The molecule has 2 rings (SSSR count). The van der Waals surface area contributed by atoms with Gasteiger partial charge in [-0.2, -0.15) is 13.2 Å². The molecule has 1 aliphatic rings. The van der Waals surface area contributed by atoms with Crippen molar-refractivity contribution < 1.29 is 13.2 Å². The molecule has 0 aliphatic carbocycles. The predicted octanol–water partition coefficient (Wildman–Crippen LogP) is 3.81. The fourth-order valence-electron chi connectivity index (χ4n) is 2.55. The molecule has 100 valence electrons. The van der Waals surface area contributed by atoms with Crippen molar-refractivity contribution in [3.05, 3.63) is 35.4 Å². The number of hydrogen-bond donors (Lipinski definition) is 1. The van der Waals surface area contributed by atoms with Crippen molar-refractivity contribution in [3.8, 4) is 0 Å². The molecule has 2 atom stereocenters. The minimum absolute atomic E-state index is 0.317. The van der Waals surface area contributed by atoms with Crippen LogP contribution in [-0.4, -0.2) is 13.1 Å². The van der Waals surface area contributed by atoms with Gasteiger partial charge in [0.1, 0.15) is 0 Å². The van der Waals surface area contributed by atoms with Crippen LogP contribution in [0, 0.1) is 5.92 Å². The highest BCUT2D eigenvalue weighted by atomic mass is 19.4. The molecule has 0 spiro atoms. The van der Waals surface area contributed by atoms with Crippen LogP contribution in [0.1, 0.15) is 36.8 Å². The summed E-state index contributed by atoms with van der Waals surface area (Å²) >= 11 is 0. The van der Waals surface area contributed by atoms with E-state index < -0.39 is 11.7 Å². The monoisotopic (exact) mass is 257 g/mol. The smallest absolute Gasteiger partial charge is 0.316 e. The van der Waals surface area contributed by atoms with Gasteiger partial charge >= 0.3 is 6.18 Å². The maximum Gasteiger partial charge on any atom is 0.416 e. The molecule has 1 N–H and O–H groups in total. The Balaban J connectivity index is 2.00. The zero-order valence-corrected chi connectivity index (χ0v) is 10.4. The molecule has 1 saturated heterocycles. The molecule has 1 aliphatic heterocycles. The number of halogens is 3. The minimum atomic E-state index is -4.24. The maximum absolute atomic E-state index is 12.4. The molecule has 1 heterocycles. The Kier molecular flexibility index (Phi) is 3.95. The largest absolute Gasteiger partial charge is 0.416 e. The molecule has 0 amide bonds. The molecule has 0 bridgehead atoms. The lowest BCUT2D eigenvalue weighted by Crippen LogP contribution is -2.11. The topological polar surface area (TPSA) is 12.0 Å². The van der Waals surface area contributed by atoms with Crippen LogP contribution in [0.5, 0.6) is 0 Å². The van der Waals surface area contributed by atoms with Crippen LogP contribution in [0.15, 0.2) is 24.3 Å². The summed E-state index contributed by atoms with van der Waals surface area (Å²) in [4.78, 5) is 0. The highest BCUT2D eigenvalue weighted by molar-refractivity contribution is 5.26. The van der Waals surface area contributed by atoms with Crippen molar-refractivity contribution in [3.63, 3.8) is 0 Å². The Morgan fingerprint density at radius 3 is 2.44 bits per heavy atom. The normalized spacial score (nSPS) is 22.1. The standard InChI is InChI=1S/C14H18F3N/c1-10(8-11-6-7-18-9-11)12-2-4-13(5-3-12)14(15,16)17/h2-5,10-11,18H,6-9H2,1H3. The average molecular weight is 257 g/mol. The highest BCUT2D eigenvalue weighted by Crippen LogP contribution is 2.31. The Labute approximate surface area is 105 Å². The van der Waals surface area contributed by atoms with Crippen LogP contribution in [0.25, 0.3) is 0 Å². The first kappa shape index (κ1) is 13.4. The van der Waals surface area contributed by atoms with Gasteiger partial charge in [-0.25, -0.2) is 0 Å². The summed E-state index contributed by atoms with van der Waals surface area (Å²) in [5, 5.41) is 3.31. The Morgan fingerprint density at radius 1 is 1.28 bits per heavy atom. The molecule has 1 nitrogen and oxygen atoms in total. The summed E-state index contributed by atoms with van der Waals surface area (Å²) in [6, 6.07) is 5.57. The van der Waals surface area contributed by atoms with E-state index in [9.17, 15) is 13.2 Å². The lowest BCUT2D eigenvalue weighted by atomic mass is 9.89. The van der Waals surface area contributed by atoms with Crippen molar-refractivity contribution in [1.82, 2.24) is 5.32 Å². The molecule has 1 aromatic rings. The SMILES string of the molecule is CC(CC1CCNC1)c1ccc(C(F)(F)F)cc1. The van der Waals surface area contributed by atoms with E-state index in [1.54, 1.807) is 12.1 Å². The van der Waals surface area contributed by atoms with Crippen LogP contribution in [0.4, 0.5) is 13.2 Å². The summed E-state index contributed by atoms with van der Waals surface area (Å²) < 4.78 is 37.3. The van der Waals surface area contributed by atoms with Crippen LogP contribution in [-0.2, 0) is 6.18 Å². The van der Waals surface area contributed by atoms with Crippen LogP contribution in [0.2, 0.25) is 0 Å². The first-order valence-electron chi connectivity index (χ1n) is 6.34. The molecule has 0 radical (unpaired) electrons. The third kappa shape index (κ3) is 3.25. The van der Waals surface area contributed by atoms with E-state index in [2.05, 4.69) is 12.2 Å². The molecule has 2 unspecified atom stereocenters. The molecular formula is C14H18F3N. The summed E-state index contributed by atoms with van der Waals surface area (Å²) in [5.41, 5.74) is 0.427. The number of nitrogens with one attached hydrogen (secondary N) is 1. The van der Waals surface area contributed by atoms with Gasteiger partial charge in [0.25, 0.3) is 0 Å². The quantitative estimate of drug-likeness (QED) is 0.868. The number of benzene rings is 1. The summed E-state index contributed by atoms with van der Waals surface area (Å²) in [6.07, 6.45) is -2.03. The van der Waals surface area contributed by atoms with Crippen molar-refractivity contribution in [2.24, 2.45) is 5.92 Å². The van der Waals surface area contributed by atoms with E-state index in [4.69, 9.17) is 0 Å². The molecule has 0 saturated carbocycles. The van der Waals surface area contributed by atoms with Crippen molar-refractivity contribution in [2.45, 2.75) is 31.9 Å². The number of rotatable bonds is 3. The van der Waals surface area contributed by atoms with E-state index >= 15 is 0 Å². The fraction of sp³-hybridized carbons (Fsp3) is 0.571. The van der Waals surface area contributed by atoms with Crippen molar-refractivity contribution in [2.75, 3.05) is 13.1 Å². The Bertz CT molecular complexity index is 377. The fourth-order valence-corrected chi connectivity index (χ4v) is 2.55. The molecule has 18 heavy (non-hydrogen) atoms. The van der Waals surface area contributed by atoms with E-state index in [-0.39, 0.29) is 0 Å². The minimum Gasteiger partial charge on any atom is -0.316 e. The predicted molar refractivity (Wildman–Crippen MR) is 65.5 cm³/mol. The van der Waals surface area contributed by atoms with Crippen molar-refractivity contribution in [1.29, 1.82) is 0 Å². The first-order valence-corrected chi connectivity index (χ1v) is 6.34. The molecule has 4 heteroatoms. The summed E-state index contributed by atoms with van der Waals surface area (Å²) in [7, 11) is 0. The average Bonchev–Trinajstić information content (AvgIpc) is 2.81. The highest BCUT2D eigenvalue weighted by Gasteiger charge is 2.30. The molecule has 0 aromatic heterocycles. The van der Waals surface area contributed by atoms with Crippen molar-refractivity contribution >= 4 is 0 Å². The zero-order valence-electron chi connectivity index (χ0n) is 10.4. The number of alkyl halides is 3. The van der Waals surface area contributed by atoms with Gasteiger partial charge in [0.2, 0.25) is 0 Å². The molecular weight excluding hydrogens is 239 g/mol. The third-order valence-corrected chi connectivity index (χ3v) is 3.66. The Morgan fingerprint density at radius 2 is 1.94 bits per heavy atom. The maximum atomic E-state index is 12.4. The van der Waals surface area contributed by atoms with E-state index in [1.807, 2.05) is 0 Å². The van der Waals surface area contributed by atoms with Gasteiger partial charge < -0.3 is 5.32 Å². The van der Waals surface area contributed by atoms with Crippen LogP contribution >= 0.6 is 0 Å². The molecule has 1 fully saturated rings. The second kappa shape index (κ2) is 5.31. The second-order valence-corrected chi connectivity index (χ2v) is 5.12. The van der Waals surface area contributed by atoms with Gasteiger partial charge in [-0.15, -0.1) is 0 Å². The lowest BCUT2D eigenvalue weighted by Gasteiger charge is -2.17. The zero-order chi connectivity index (χ0) is 13.2. The second-order valence-electron chi connectivity index (χ2n) is 5.12. The first-order chi connectivity index (χ1) is 8.47. The number of hydrogen-bond acceptors (Lipinski definition) is 1. The van der Waals surface area contributed by atoms with E-state index in [0.717, 1.165) is 25.1 Å². The summed E-state index contributed by atoms with van der Waals surface area (Å²) in [6.45, 7) is 4.18. The van der Waals surface area contributed by atoms with Gasteiger partial charge in [-0.05, 0) is 55.5 Å². The van der Waals surface area contributed by atoms with E-state index in [1.165, 1.54) is 18.6 Å². The van der Waals surface area contributed by atoms with Gasteiger partial charge in [0.15, 0.2) is 0 Å². The van der Waals surface area contributed by atoms with Gasteiger partial charge in [-0.3, -0.25) is 0 Å². The van der Waals surface area contributed by atoms with Crippen LogP contribution in [0.3, 0.4) is 0 Å². The summed E-state index contributed by atoms with van der Waals surface area (Å²) in [5.74, 6) is 0.972. The van der Waals surface area contributed by atoms with Gasteiger partial charge in [-0.1, -0.05) is 19.1 Å².